The molecule has 0 amide bonds. The van der Waals surface area contributed by atoms with Crippen molar-refractivity contribution in [1.82, 2.24) is 10.6 Å². The Hall–Kier alpha value is -2.75. The molecule has 3 aromatic rings. The Morgan fingerprint density at radius 1 is 0.852 bits per heavy atom. The summed E-state index contributed by atoms with van der Waals surface area (Å²) in [5, 5.41) is 18.1. The van der Waals surface area contributed by atoms with Gasteiger partial charge in [0.1, 0.15) is 11.9 Å². The summed E-state index contributed by atoms with van der Waals surface area (Å²) in [6, 6.07) is 23.5. The fourth-order valence-corrected chi connectivity index (χ4v) is 3.60. The average molecular weight is 377 g/mol. The standard InChI is InChI=1S/C23H21ClN2O/c1-15-10-12-16(13-11-15)20-14-21(18-7-3-5-9-22(18)27)26-23(25-20)17-6-2-4-8-19(17)24/h2-14,21,23,25-27H,1H3. The van der Waals surface area contributed by atoms with E-state index in [1.54, 1.807) is 6.07 Å². The van der Waals surface area contributed by atoms with Gasteiger partial charge in [0.2, 0.25) is 0 Å². The molecule has 3 nitrogen and oxygen atoms in total. The summed E-state index contributed by atoms with van der Waals surface area (Å²) >= 11 is 6.45. The third-order valence-electron chi connectivity index (χ3n) is 4.83. The Labute approximate surface area is 164 Å². The Kier molecular flexibility index (Phi) is 4.88. The van der Waals surface area contributed by atoms with E-state index in [9.17, 15) is 5.11 Å². The molecule has 0 aromatic heterocycles. The minimum atomic E-state index is -0.176. The van der Waals surface area contributed by atoms with E-state index >= 15 is 0 Å². The van der Waals surface area contributed by atoms with E-state index in [2.05, 4.69) is 47.9 Å². The first-order valence-electron chi connectivity index (χ1n) is 8.95. The summed E-state index contributed by atoms with van der Waals surface area (Å²) in [5.74, 6) is 0.273. The van der Waals surface area contributed by atoms with Gasteiger partial charge in [0.15, 0.2) is 0 Å². The first-order valence-corrected chi connectivity index (χ1v) is 9.33. The summed E-state index contributed by atoms with van der Waals surface area (Å²) in [4.78, 5) is 0. The first kappa shape index (κ1) is 17.7. The first-order chi connectivity index (χ1) is 13.1. The van der Waals surface area contributed by atoms with Gasteiger partial charge in [0, 0.05) is 21.8 Å². The molecule has 0 fully saturated rings. The van der Waals surface area contributed by atoms with Gasteiger partial charge in [-0.15, -0.1) is 0 Å². The predicted octanol–water partition coefficient (Wildman–Crippen LogP) is 5.33. The number of hydrogen-bond donors (Lipinski definition) is 3. The molecule has 1 aliphatic heterocycles. The van der Waals surface area contributed by atoms with Crippen molar-refractivity contribution in [2.45, 2.75) is 19.1 Å². The number of para-hydroxylation sites is 1. The number of halogens is 1. The predicted molar refractivity (Wildman–Crippen MR) is 110 cm³/mol. The fourth-order valence-electron chi connectivity index (χ4n) is 3.36. The monoisotopic (exact) mass is 376 g/mol. The highest BCUT2D eigenvalue weighted by molar-refractivity contribution is 6.31. The van der Waals surface area contributed by atoms with Crippen LogP contribution in [0.15, 0.2) is 78.9 Å². The Bertz CT molecular complexity index is 982. The van der Waals surface area contributed by atoms with Gasteiger partial charge >= 0.3 is 0 Å². The fraction of sp³-hybridized carbons (Fsp3) is 0.130. The number of rotatable bonds is 3. The molecule has 1 aliphatic rings. The third kappa shape index (κ3) is 3.70. The molecule has 3 aromatic carbocycles. The van der Waals surface area contributed by atoms with E-state index < -0.39 is 0 Å². The lowest BCUT2D eigenvalue weighted by Crippen LogP contribution is -2.39. The average Bonchev–Trinajstić information content (AvgIpc) is 2.69. The maximum absolute atomic E-state index is 10.4. The summed E-state index contributed by atoms with van der Waals surface area (Å²) in [6.07, 6.45) is 1.93. The van der Waals surface area contributed by atoms with E-state index in [1.807, 2.05) is 42.5 Å². The van der Waals surface area contributed by atoms with Crippen LogP contribution in [0.25, 0.3) is 5.70 Å². The molecular weight excluding hydrogens is 356 g/mol. The highest BCUT2D eigenvalue weighted by Crippen LogP contribution is 2.34. The van der Waals surface area contributed by atoms with Crippen LogP contribution in [-0.4, -0.2) is 5.11 Å². The normalized spacial score (nSPS) is 19.3. The second kappa shape index (κ2) is 7.47. The maximum atomic E-state index is 10.4. The van der Waals surface area contributed by atoms with E-state index in [0.717, 1.165) is 22.4 Å². The van der Waals surface area contributed by atoms with Crippen LogP contribution in [0, 0.1) is 6.92 Å². The van der Waals surface area contributed by atoms with Crippen LogP contribution < -0.4 is 10.6 Å². The zero-order valence-electron chi connectivity index (χ0n) is 15.0. The molecule has 0 saturated heterocycles. The van der Waals surface area contributed by atoms with Gasteiger partial charge in [-0.1, -0.05) is 77.8 Å². The van der Waals surface area contributed by atoms with Crippen LogP contribution in [0.5, 0.6) is 5.75 Å². The van der Waals surface area contributed by atoms with Crippen LogP contribution >= 0.6 is 11.6 Å². The minimum absolute atomic E-state index is 0.148. The molecule has 0 radical (unpaired) electrons. The van der Waals surface area contributed by atoms with E-state index in [-0.39, 0.29) is 18.0 Å². The summed E-state index contributed by atoms with van der Waals surface area (Å²) < 4.78 is 0. The minimum Gasteiger partial charge on any atom is -0.508 e. The second-order valence-electron chi connectivity index (χ2n) is 6.75. The van der Waals surface area contributed by atoms with Crippen LogP contribution in [0.4, 0.5) is 0 Å². The number of phenolic OH excluding ortho intramolecular Hbond substituents is 1. The van der Waals surface area contributed by atoms with E-state index in [1.165, 1.54) is 5.56 Å². The number of benzene rings is 3. The van der Waals surface area contributed by atoms with Gasteiger partial charge in [-0.3, -0.25) is 5.32 Å². The van der Waals surface area contributed by atoms with Gasteiger partial charge < -0.3 is 10.4 Å². The zero-order chi connectivity index (χ0) is 18.8. The SMILES string of the molecule is Cc1ccc(C2=CC(c3ccccc3O)NC(c3ccccc3Cl)N2)cc1. The molecular formula is C23H21ClN2O. The Morgan fingerprint density at radius 3 is 2.22 bits per heavy atom. The molecule has 2 unspecified atom stereocenters. The highest BCUT2D eigenvalue weighted by Gasteiger charge is 2.26. The van der Waals surface area contributed by atoms with Gasteiger partial charge in [-0.05, 0) is 30.7 Å². The van der Waals surface area contributed by atoms with Crippen molar-refractivity contribution in [3.05, 3.63) is 106 Å². The second-order valence-corrected chi connectivity index (χ2v) is 7.16. The van der Waals surface area contributed by atoms with Crippen LogP contribution in [0.2, 0.25) is 5.02 Å². The number of hydrogen-bond acceptors (Lipinski definition) is 3. The molecule has 136 valence electrons. The number of phenols is 1. The summed E-state index contributed by atoms with van der Waals surface area (Å²) in [7, 11) is 0. The third-order valence-corrected chi connectivity index (χ3v) is 5.17. The Balaban J connectivity index is 1.78. The largest absolute Gasteiger partial charge is 0.508 e. The molecule has 4 heteroatoms. The topological polar surface area (TPSA) is 44.3 Å². The number of aromatic hydroxyl groups is 1. The summed E-state index contributed by atoms with van der Waals surface area (Å²) in [5.41, 5.74) is 5.12. The van der Waals surface area contributed by atoms with Crippen molar-refractivity contribution in [3.8, 4) is 5.75 Å². The molecule has 0 bridgehead atoms. The quantitative estimate of drug-likeness (QED) is 0.579. The van der Waals surface area contributed by atoms with Crippen molar-refractivity contribution < 1.29 is 5.11 Å². The molecule has 0 spiro atoms. The molecule has 0 saturated carbocycles. The Morgan fingerprint density at radius 2 is 1.52 bits per heavy atom. The van der Waals surface area contributed by atoms with E-state index in [4.69, 9.17) is 11.6 Å². The summed E-state index contributed by atoms with van der Waals surface area (Å²) in [6.45, 7) is 2.07. The van der Waals surface area contributed by atoms with Gasteiger partial charge in [-0.2, -0.15) is 0 Å². The molecule has 1 heterocycles. The van der Waals surface area contributed by atoms with Crippen LogP contribution in [-0.2, 0) is 0 Å². The smallest absolute Gasteiger partial charge is 0.120 e. The molecule has 4 rings (SSSR count). The molecule has 2 atom stereocenters. The molecule has 27 heavy (non-hydrogen) atoms. The van der Waals surface area contributed by atoms with Crippen molar-refractivity contribution in [3.63, 3.8) is 0 Å². The van der Waals surface area contributed by atoms with E-state index in [0.29, 0.717) is 5.02 Å². The van der Waals surface area contributed by atoms with Crippen molar-refractivity contribution >= 4 is 17.3 Å². The lowest BCUT2D eigenvalue weighted by atomic mass is 9.97. The van der Waals surface area contributed by atoms with Crippen molar-refractivity contribution in [2.75, 3.05) is 0 Å². The lowest BCUT2D eigenvalue weighted by molar-refractivity contribution is 0.419. The lowest BCUT2D eigenvalue weighted by Gasteiger charge is -2.33. The van der Waals surface area contributed by atoms with Gasteiger partial charge in [-0.25, -0.2) is 0 Å². The molecule has 3 N–H and O–H groups in total. The van der Waals surface area contributed by atoms with Gasteiger partial charge in [0.25, 0.3) is 0 Å². The highest BCUT2D eigenvalue weighted by atomic mass is 35.5. The van der Waals surface area contributed by atoms with Crippen molar-refractivity contribution in [1.29, 1.82) is 0 Å². The van der Waals surface area contributed by atoms with Gasteiger partial charge in [0.05, 0.1) is 6.04 Å². The van der Waals surface area contributed by atoms with Crippen LogP contribution in [0.3, 0.4) is 0 Å². The molecule has 0 aliphatic carbocycles. The van der Waals surface area contributed by atoms with Crippen molar-refractivity contribution in [2.24, 2.45) is 0 Å². The number of nitrogens with one attached hydrogen (secondary N) is 2. The maximum Gasteiger partial charge on any atom is 0.120 e. The van der Waals surface area contributed by atoms with Crippen LogP contribution in [0.1, 0.15) is 34.5 Å². The number of aryl methyl sites for hydroxylation is 1. The zero-order valence-corrected chi connectivity index (χ0v) is 15.7.